The monoisotopic (exact) mass is 423 g/mol. The Morgan fingerprint density at radius 1 is 1.03 bits per heavy atom. The van der Waals surface area contributed by atoms with Crippen molar-refractivity contribution in [2.45, 2.75) is 11.8 Å². The van der Waals surface area contributed by atoms with Gasteiger partial charge in [-0.15, -0.1) is 21.5 Å². The fourth-order valence-electron chi connectivity index (χ4n) is 2.47. The molecule has 2 aromatic carbocycles. The minimum atomic E-state index is -0.149. The van der Waals surface area contributed by atoms with Gasteiger partial charge in [0.25, 0.3) is 11.1 Å². The number of nitrogens with one attached hydrogen (secondary N) is 1. The average molecular weight is 424 g/mol. The van der Waals surface area contributed by atoms with Gasteiger partial charge < -0.3 is 14.5 Å². The number of rotatable bonds is 8. The van der Waals surface area contributed by atoms with Crippen LogP contribution in [0.2, 0.25) is 0 Å². The van der Waals surface area contributed by atoms with E-state index in [4.69, 9.17) is 9.15 Å². The Labute approximate surface area is 175 Å². The summed E-state index contributed by atoms with van der Waals surface area (Å²) in [7, 11) is 0. The maximum atomic E-state index is 12.2. The highest BCUT2D eigenvalue weighted by molar-refractivity contribution is 7.99. The smallest absolute Gasteiger partial charge is 0.277 e. The number of hydrogen-bond acceptors (Lipinski definition) is 7. The Balaban J connectivity index is 1.24. The van der Waals surface area contributed by atoms with Crippen LogP contribution in [-0.4, -0.2) is 21.9 Å². The molecule has 0 radical (unpaired) electrons. The Kier molecular flexibility index (Phi) is 6.23. The van der Waals surface area contributed by atoms with E-state index in [0.717, 1.165) is 16.2 Å². The molecule has 29 heavy (non-hydrogen) atoms. The van der Waals surface area contributed by atoms with Crippen molar-refractivity contribution in [2.75, 3.05) is 11.1 Å². The van der Waals surface area contributed by atoms with E-state index in [1.165, 1.54) is 23.1 Å². The fourth-order valence-corrected chi connectivity index (χ4v) is 3.68. The van der Waals surface area contributed by atoms with E-state index in [0.29, 0.717) is 23.4 Å². The minimum absolute atomic E-state index is 0.149. The molecule has 6 nitrogen and oxygen atoms in total. The lowest BCUT2D eigenvalue weighted by atomic mass is 10.2. The zero-order valence-corrected chi connectivity index (χ0v) is 16.9. The van der Waals surface area contributed by atoms with Gasteiger partial charge in [0.05, 0.1) is 10.6 Å². The molecule has 4 aromatic rings. The van der Waals surface area contributed by atoms with Crippen molar-refractivity contribution in [3.63, 3.8) is 0 Å². The van der Waals surface area contributed by atoms with Crippen LogP contribution in [0.5, 0.6) is 5.75 Å². The first kappa shape index (κ1) is 19.2. The van der Waals surface area contributed by atoms with Crippen molar-refractivity contribution in [3.05, 3.63) is 77.7 Å². The quantitative estimate of drug-likeness (QED) is 0.397. The first-order chi connectivity index (χ1) is 14.3. The minimum Gasteiger partial charge on any atom is -0.489 e. The summed E-state index contributed by atoms with van der Waals surface area (Å²) in [6, 6.07) is 21.1. The van der Waals surface area contributed by atoms with E-state index in [1.807, 2.05) is 72.1 Å². The molecule has 0 aliphatic rings. The van der Waals surface area contributed by atoms with E-state index in [9.17, 15) is 4.79 Å². The molecule has 146 valence electrons. The second kappa shape index (κ2) is 9.40. The van der Waals surface area contributed by atoms with Gasteiger partial charge in [0.15, 0.2) is 0 Å². The molecule has 0 aliphatic carbocycles. The normalized spacial score (nSPS) is 10.6. The van der Waals surface area contributed by atoms with Crippen LogP contribution in [0.4, 0.5) is 5.69 Å². The maximum absolute atomic E-state index is 12.2. The molecule has 0 atom stereocenters. The standard InChI is InChI=1S/C21H17N3O3S2/c25-19(14-29-21-24-23-20(27-21)18-7-4-12-28-18)22-16-8-10-17(11-9-16)26-13-15-5-2-1-3-6-15/h1-12H,13-14H2,(H,22,25). The summed E-state index contributed by atoms with van der Waals surface area (Å²) >= 11 is 2.73. The second-order valence-corrected chi connectivity index (χ2v) is 7.86. The Morgan fingerprint density at radius 2 is 1.86 bits per heavy atom. The van der Waals surface area contributed by atoms with Crippen molar-refractivity contribution in [3.8, 4) is 16.5 Å². The zero-order valence-electron chi connectivity index (χ0n) is 15.3. The van der Waals surface area contributed by atoms with Crippen LogP contribution >= 0.6 is 23.1 Å². The summed E-state index contributed by atoms with van der Waals surface area (Å²) in [5.74, 6) is 1.24. The number of thioether (sulfide) groups is 1. The Bertz CT molecular complexity index is 1050. The van der Waals surface area contributed by atoms with Crippen LogP contribution in [0.1, 0.15) is 5.56 Å². The Hall–Kier alpha value is -3.10. The molecule has 0 aliphatic heterocycles. The van der Waals surface area contributed by atoms with Crippen molar-refractivity contribution in [2.24, 2.45) is 0 Å². The molecule has 8 heteroatoms. The maximum Gasteiger partial charge on any atom is 0.277 e. The van der Waals surface area contributed by atoms with Crippen molar-refractivity contribution in [1.82, 2.24) is 10.2 Å². The number of anilines is 1. The fraction of sp³-hybridized carbons (Fsp3) is 0.0952. The third-order valence-corrected chi connectivity index (χ3v) is 5.53. The summed E-state index contributed by atoms with van der Waals surface area (Å²) in [6.07, 6.45) is 0. The largest absolute Gasteiger partial charge is 0.489 e. The summed E-state index contributed by atoms with van der Waals surface area (Å²) in [6.45, 7) is 0.501. The average Bonchev–Trinajstić information content (AvgIpc) is 3.44. The first-order valence-corrected chi connectivity index (χ1v) is 10.7. The molecule has 1 amide bonds. The SMILES string of the molecule is O=C(CSc1nnc(-c2cccs2)o1)Nc1ccc(OCc2ccccc2)cc1. The van der Waals surface area contributed by atoms with Crippen LogP contribution in [0.3, 0.4) is 0 Å². The van der Waals surface area contributed by atoms with Gasteiger partial charge in [-0.1, -0.05) is 48.2 Å². The summed E-state index contributed by atoms with van der Waals surface area (Å²) in [5, 5.41) is 13.1. The molecule has 0 fully saturated rings. The first-order valence-electron chi connectivity index (χ1n) is 8.83. The number of hydrogen-bond donors (Lipinski definition) is 1. The molecule has 0 unspecified atom stereocenters. The number of nitrogens with zero attached hydrogens (tertiary/aromatic N) is 2. The highest BCUT2D eigenvalue weighted by Crippen LogP contribution is 2.26. The van der Waals surface area contributed by atoms with Crippen LogP contribution in [0.15, 0.2) is 81.8 Å². The highest BCUT2D eigenvalue weighted by Gasteiger charge is 2.12. The highest BCUT2D eigenvalue weighted by atomic mass is 32.2. The van der Waals surface area contributed by atoms with Gasteiger partial charge in [0.1, 0.15) is 12.4 Å². The van der Waals surface area contributed by atoms with Gasteiger partial charge in [-0.25, -0.2) is 0 Å². The van der Waals surface area contributed by atoms with Crippen molar-refractivity contribution in [1.29, 1.82) is 0 Å². The molecule has 4 rings (SSSR count). The molecule has 1 N–H and O–H groups in total. The van der Waals surface area contributed by atoms with Gasteiger partial charge in [0, 0.05) is 5.69 Å². The van der Waals surface area contributed by atoms with E-state index < -0.39 is 0 Å². The van der Waals surface area contributed by atoms with E-state index in [-0.39, 0.29) is 11.7 Å². The predicted molar refractivity (Wildman–Crippen MR) is 114 cm³/mol. The number of carbonyl (C=O) groups excluding carboxylic acids is 1. The lowest BCUT2D eigenvalue weighted by Crippen LogP contribution is -2.13. The number of ether oxygens (including phenoxy) is 1. The van der Waals surface area contributed by atoms with Crippen LogP contribution in [0, 0.1) is 0 Å². The van der Waals surface area contributed by atoms with Gasteiger partial charge in [-0.3, -0.25) is 4.79 Å². The Morgan fingerprint density at radius 3 is 2.62 bits per heavy atom. The van der Waals surface area contributed by atoms with E-state index >= 15 is 0 Å². The van der Waals surface area contributed by atoms with Crippen LogP contribution < -0.4 is 10.1 Å². The van der Waals surface area contributed by atoms with Crippen molar-refractivity contribution < 1.29 is 13.9 Å². The predicted octanol–water partition coefficient (Wildman–Crippen LogP) is 5.11. The molecule has 2 aromatic heterocycles. The summed E-state index contributed by atoms with van der Waals surface area (Å²) in [4.78, 5) is 13.1. The lowest BCUT2D eigenvalue weighted by molar-refractivity contribution is -0.113. The molecule has 0 bridgehead atoms. The number of thiophene rings is 1. The van der Waals surface area contributed by atoms with E-state index in [1.54, 1.807) is 0 Å². The number of carbonyl (C=O) groups is 1. The van der Waals surface area contributed by atoms with Gasteiger partial charge in [-0.2, -0.15) is 0 Å². The number of benzene rings is 2. The molecule has 0 spiro atoms. The van der Waals surface area contributed by atoms with Gasteiger partial charge in [-0.05, 0) is 41.3 Å². The topological polar surface area (TPSA) is 77.2 Å². The second-order valence-electron chi connectivity index (χ2n) is 5.99. The summed E-state index contributed by atoms with van der Waals surface area (Å²) < 4.78 is 11.3. The van der Waals surface area contributed by atoms with Crippen LogP contribution in [-0.2, 0) is 11.4 Å². The van der Waals surface area contributed by atoms with Crippen LogP contribution in [0.25, 0.3) is 10.8 Å². The van der Waals surface area contributed by atoms with Gasteiger partial charge in [0.2, 0.25) is 5.91 Å². The zero-order chi connectivity index (χ0) is 19.9. The molecular formula is C21H17N3O3S2. The van der Waals surface area contributed by atoms with Gasteiger partial charge >= 0.3 is 0 Å². The molecule has 0 saturated carbocycles. The van der Waals surface area contributed by atoms with E-state index in [2.05, 4.69) is 15.5 Å². The third kappa shape index (κ3) is 5.46. The van der Waals surface area contributed by atoms with Crippen molar-refractivity contribution >= 4 is 34.7 Å². The molecule has 0 saturated heterocycles. The third-order valence-electron chi connectivity index (χ3n) is 3.85. The molecular weight excluding hydrogens is 406 g/mol. The number of aromatic nitrogens is 2. The molecule has 2 heterocycles. The number of amides is 1. The lowest BCUT2D eigenvalue weighted by Gasteiger charge is -2.08. The summed E-state index contributed by atoms with van der Waals surface area (Å²) in [5.41, 5.74) is 1.80.